The molecule has 1 heterocycles. The van der Waals surface area contributed by atoms with E-state index in [1.165, 1.54) is 37.9 Å². The van der Waals surface area contributed by atoms with E-state index < -0.39 is 9.84 Å². The maximum atomic E-state index is 12.0. The van der Waals surface area contributed by atoms with Gasteiger partial charge in [-0.2, -0.15) is 0 Å². The van der Waals surface area contributed by atoms with Crippen molar-refractivity contribution in [3.8, 4) is 0 Å². The van der Waals surface area contributed by atoms with Crippen LogP contribution in [-0.4, -0.2) is 56.0 Å². The van der Waals surface area contributed by atoms with Crippen LogP contribution in [0.5, 0.6) is 0 Å². The Labute approximate surface area is 182 Å². The third-order valence-electron chi connectivity index (χ3n) is 7.69. The van der Waals surface area contributed by atoms with Crippen LogP contribution in [0.25, 0.3) is 6.08 Å². The monoisotopic (exact) mass is 428 g/mol. The minimum atomic E-state index is -2.78. The molecule has 164 valence electrons. The van der Waals surface area contributed by atoms with Crippen LogP contribution in [0.2, 0.25) is 0 Å². The molecule has 3 aliphatic carbocycles. The fraction of sp³-hybridized carbons (Fsp3) is 0.680. The van der Waals surface area contributed by atoms with Crippen molar-refractivity contribution < 1.29 is 8.42 Å². The lowest BCUT2D eigenvalue weighted by atomic mass is 9.60. The minimum Gasteiger partial charge on any atom is -0.311 e. The highest BCUT2D eigenvalue weighted by atomic mass is 32.2. The Morgan fingerprint density at radius 3 is 2.60 bits per heavy atom. The summed E-state index contributed by atoms with van der Waals surface area (Å²) in [7, 11) is -2.78. The normalized spacial score (nSPS) is 28.9. The fourth-order valence-electron chi connectivity index (χ4n) is 5.83. The molecule has 0 radical (unpaired) electrons. The summed E-state index contributed by atoms with van der Waals surface area (Å²) in [5.41, 5.74) is 3.44. The lowest BCUT2D eigenvalue weighted by Gasteiger charge is -2.59. The van der Waals surface area contributed by atoms with Gasteiger partial charge in [-0.05, 0) is 68.4 Å². The van der Waals surface area contributed by atoms with Gasteiger partial charge in [0, 0.05) is 25.2 Å². The van der Waals surface area contributed by atoms with E-state index in [1.807, 2.05) is 0 Å². The van der Waals surface area contributed by atoms with Crippen LogP contribution in [0.3, 0.4) is 0 Å². The smallest absolute Gasteiger partial charge is 0.153 e. The van der Waals surface area contributed by atoms with Crippen molar-refractivity contribution in [1.82, 2.24) is 10.2 Å². The minimum absolute atomic E-state index is 0.000657. The molecule has 0 bridgehead atoms. The molecular formula is C25H36N2O2S. The zero-order valence-electron chi connectivity index (χ0n) is 18.2. The number of benzene rings is 1. The Hall–Kier alpha value is -1.17. The van der Waals surface area contributed by atoms with Crippen molar-refractivity contribution in [3.63, 3.8) is 0 Å². The zero-order chi connectivity index (χ0) is 20.8. The number of sulfone groups is 1. The largest absolute Gasteiger partial charge is 0.311 e. The number of nitrogens with one attached hydrogen (secondary N) is 1. The molecule has 0 aromatic heterocycles. The van der Waals surface area contributed by atoms with Gasteiger partial charge in [-0.25, -0.2) is 8.42 Å². The van der Waals surface area contributed by atoms with Gasteiger partial charge in [-0.3, -0.25) is 0 Å². The quantitative estimate of drug-likeness (QED) is 0.614. The molecule has 1 aromatic rings. The molecule has 4 aliphatic rings. The van der Waals surface area contributed by atoms with E-state index in [0.717, 1.165) is 38.1 Å². The van der Waals surface area contributed by atoms with Crippen LogP contribution in [0.1, 0.15) is 57.4 Å². The predicted octanol–water partition coefficient (Wildman–Crippen LogP) is 3.89. The van der Waals surface area contributed by atoms with E-state index >= 15 is 0 Å². The van der Waals surface area contributed by atoms with E-state index in [2.05, 4.69) is 53.5 Å². The Morgan fingerprint density at radius 2 is 1.93 bits per heavy atom. The van der Waals surface area contributed by atoms with Crippen LogP contribution in [0, 0.1) is 11.3 Å². The summed E-state index contributed by atoms with van der Waals surface area (Å²) < 4.78 is 24.0. The molecule has 0 unspecified atom stereocenters. The van der Waals surface area contributed by atoms with Crippen LogP contribution < -0.4 is 5.32 Å². The Morgan fingerprint density at radius 1 is 1.20 bits per heavy atom. The van der Waals surface area contributed by atoms with Crippen molar-refractivity contribution in [1.29, 1.82) is 0 Å². The standard InChI is InChI=1S/C25H36N2O2S/c1-2-20(13-19-7-4-3-5-8-19)23-14-24(23)26-21-15-25(16-21)17-27(18-25)11-6-12-30(28,29)22-9-10-22/h3-5,7-8,13,21-24,26H,2,6,9-12,14-18H2,1H3/b20-13+/t23-,24+/m0/s1. The summed E-state index contributed by atoms with van der Waals surface area (Å²) in [4.78, 5) is 2.47. The number of likely N-dealkylation sites (tertiary alicyclic amines) is 1. The highest BCUT2D eigenvalue weighted by Gasteiger charge is 2.53. The summed E-state index contributed by atoms with van der Waals surface area (Å²) in [5, 5.41) is 3.92. The molecule has 1 N–H and O–H groups in total. The van der Waals surface area contributed by atoms with Gasteiger partial charge < -0.3 is 10.2 Å². The van der Waals surface area contributed by atoms with E-state index in [9.17, 15) is 8.42 Å². The first-order valence-corrected chi connectivity index (χ1v) is 13.6. The van der Waals surface area contributed by atoms with Gasteiger partial charge in [0.15, 0.2) is 9.84 Å². The Kier molecular flexibility index (Phi) is 5.57. The topological polar surface area (TPSA) is 49.4 Å². The van der Waals surface area contributed by atoms with E-state index in [1.54, 1.807) is 5.57 Å². The molecule has 1 aliphatic heterocycles. The molecule has 1 saturated heterocycles. The zero-order valence-corrected chi connectivity index (χ0v) is 19.0. The highest BCUT2D eigenvalue weighted by Crippen LogP contribution is 2.50. The third kappa shape index (κ3) is 4.53. The second kappa shape index (κ2) is 8.07. The maximum Gasteiger partial charge on any atom is 0.153 e. The molecule has 30 heavy (non-hydrogen) atoms. The van der Waals surface area contributed by atoms with E-state index in [0.29, 0.717) is 23.3 Å². The molecule has 1 aromatic carbocycles. The Bertz CT molecular complexity index is 877. The van der Waals surface area contributed by atoms with E-state index in [-0.39, 0.29) is 5.25 Å². The number of nitrogens with zero attached hydrogens (tertiary/aromatic N) is 1. The molecule has 4 nitrogen and oxygen atoms in total. The summed E-state index contributed by atoms with van der Waals surface area (Å²) in [5.74, 6) is 1.11. The second-order valence-electron chi connectivity index (χ2n) is 10.3. The van der Waals surface area contributed by atoms with Crippen LogP contribution >= 0.6 is 0 Å². The lowest BCUT2D eigenvalue weighted by Crippen LogP contribution is -2.66. The molecule has 0 amide bonds. The summed E-state index contributed by atoms with van der Waals surface area (Å²) in [6.07, 6.45) is 10.0. The molecule has 1 spiro atoms. The lowest BCUT2D eigenvalue weighted by molar-refractivity contribution is -0.0785. The third-order valence-corrected chi connectivity index (χ3v) is 10.0. The highest BCUT2D eigenvalue weighted by molar-refractivity contribution is 7.92. The van der Waals surface area contributed by atoms with Crippen molar-refractivity contribution in [2.45, 2.75) is 69.2 Å². The first kappa shape index (κ1) is 20.7. The summed E-state index contributed by atoms with van der Waals surface area (Å²) >= 11 is 0. The van der Waals surface area contributed by atoms with Crippen LogP contribution in [-0.2, 0) is 9.84 Å². The molecule has 2 atom stereocenters. The van der Waals surface area contributed by atoms with Crippen molar-refractivity contribution in [3.05, 3.63) is 41.5 Å². The summed E-state index contributed by atoms with van der Waals surface area (Å²) in [6.45, 7) is 5.59. The SMILES string of the molecule is CC/C(=C\c1ccccc1)[C@@H]1C[C@H]1NC1CC2(C1)CN(CCCS(=O)(=O)C1CC1)C2. The van der Waals surface area contributed by atoms with Gasteiger partial charge in [0.1, 0.15) is 0 Å². The number of rotatable bonds is 10. The van der Waals surface area contributed by atoms with Gasteiger partial charge in [-0.15, -0.1) is 0 Å². The second-order valence-corrected chi connectivity index (χ2v) is 12.7. The van der Waals surface area contributed by atoms with Gasteiger partial charge in [-0.1, -0.05) is 48.9 Å². The van der Waals surface area contributed by atoms with Gasteiger partial charge in [0.05, 0.1) is 11.0 Å². The fourth-order valence-corrected chi connectivity index (χ4v) is 7.55. The molecule has 3 saturated carbocycles. The van der Waals surface area contributed by atoms with Crippen molar-refractivity contribution >= 4 is 15.9 Å². The maximum absolute atomic E-state index is 12.0. The number of hydrogen-bond acceptors (Lipinski definition) is 4. The van der Waals surface area contributed by atoms with Crippen LogP contribution in [0.4, 0.5) is 0 Å². The van der Waals surface area contributed by atoms with Gasteiger partial charge in [0.2, 0.25) is 0 Å². The predicted molar refractivity (Wildman–Crippen MR) is 123 cm³/mol. The average Bonchev–Trinajstić information content (AvgIpc) is 3.57. The van der Waals surface area contributed by atoms with Crippen LogP contribution in [0.15, 0.2) is 35.9 Å². The van der Waals surface area contributed by atoms with E-state index in [4.69, 9.17) is 0 Å². The molecule has 4 fully saturated rings. The first-order valence-electron chi connectivity index (χ1n) is 11.9. The molecule has 5 rings (SSSR count). The van der Waals surface area contributed by atoms with Crippen molar-refractivity contribution in [2.24, 2.45) is 11.3 Å². The molecule has 5 heteroatoms. The summed E-state index contributed by atoms with van der Waals surface area (Å²) in [6, 6.07) is 12.1. The van der Waals surface area contributed by atoms with Crippen molar-refractivity contribution in [2.75, 3.05) is 25.4 Å². The molecular weight excluding hydrogens is 392 g/mol. The van der Waals surface area contributed by atoms with Gasteiger partial charge >= 0.3 is 0 Å². The van der Waals surface area contributed by atoms with Gasteiger partial charge in [0.25, 0.3) is 0 Å². The first-order chi connectivity index (χ1) is 14.5. The number of hydrogen-bond donors (Lipinski definition) is 1. The Balaban J connectivity index is 1.00. The average molecular weight is 429 g/mol.